The lowest BCUT2D eigenvalue weighted by Gasteiger charge is -1.88. The fraction of sp³-hybridized carbons (Fsp3) is 0.500. The molecule has 1 unspecified atom stereocenters. The summed E-state index contributed by atoms with van der Waals surface area (Å²) >= 11 is 0. The Hall–Kier alpha value is -0.640. The number of rotatable bonds is 1. The van der Waals surface area contributed by atoms with Gasteiger partial charge in [-0.3, -0.25) is 15.8 Å². The molecule has 1 radical (unpaired) electrons. The summed E-state index contributed by atoms with van der Waals surface area (Å²) in [5, 5.41) is 9.32. The molecular weight excluding hydrogens is 84.0 g/mol. The van der Waals surface area contributed by atoms with E-state index in [0.717, 1.165) is 0 Å². The first-order chi connectivity index (χ1) is 2.64. The van der Waals surface area contributed by atoms with Gasteiger partial charge in [0.25, 0.3) is 6.17 Å². The summed E-state index contributed by atoms with van der Waals surface area (Å²) in [4.78, 5) is 8.65. The van der Waals surface area contributed by atoms with E-state index < -0.39 is 11.1 Å². The molecule has 0 amide bonds. The predicted molar refractivity (Wildman–Crippen MR) is 20.3 cm³/mol. The van der Waals surface area contributed by atoms with Crippen molar-refractivity contribution in [3.05, 3.63) is 17.0 Å². The van der Waals surface area contributed by atoms with E-state index >= 15 is 0 Å². The van der Waals surface area contributed by atoms with Crippen molar-refractivity contribution in [2.45, 2.75) is 6.17 Å². The quantitative estimate of drug-likeness (QED) is 0.264. The third kappa shape index (κ3) is 1.66. The molecule has 6 heavy (non-hydrogen) atoms. The van der Waals surface area contributed by atoms with Gasteiger partial charge in [0.05, 0.1) is 0 Å². The van der Waals surface area contributed by atoms with Gasteiger partial charge in [-0.1, -0.05) is 0 Å². The molecule has 0 aromatic heterocycles. The second-order valence-corrected chi connectivity index (χ2v) is 0.853. The van der Waals surface area contributed by atoms with Gasteiger partial charge in [-0.2, -0.15) is 0 Å². The van der Waals surface area contributed by atoms with Crippen LogP contribution in [0.1, 0.15) is 0 Å². The molecule has 0 aliphatic carbocycles. The molecule has 4 heteroatoms. The molecule has 0 aliphatic heterocycles. The third-order valence-corrected chi connectivity index (χ3v) is 0.271. The van der Waals surface area contributed by atoms with Crippen molar-refractivity contribution in [1.29, 1.82) is 0 Å². The molecule has 0 rings (SSSR count). The van der Waals surface area contributed by atoms with Crippen LogP contribution >= 0.6 is 0 Å². The highest BCUT2D eigenvalue weighted by Crippen LogP contribution is 1.69. The Bertz CT molecular complexity index is 60.6. The van der Waals surface area contributed by atoms with Gasteiger partial charge in [0.1, 0.15) is 0 Å². The zero-order valence-electron chi connectivity index (χ0n) is 3.13. The highest BCUT2D eigenvalue weighted by molar-refractivity contribution is 4.42. The van der Waals surface area contributed by atoms with Crippen molar-refractivity contribution in [3.8, 4) is 0 Å². The van der Waals surface area contributed by atoms with Crippen molar-refractivity contribution in [1.82, 2.24) is 0 Å². The van der Waals surface area contributed by atoms with Crippen molar-refractivity contribution < 1.29 is 4.92 Å². The van der Waals surface area contributed by atoms with Crippen LogP contribution < -0.4 is 5.73 Å². The Labute approximate surface area is 35.1 Å². The molecule has 0 aromatic carbocycles. The van der Waals surface area contributed by atoms with Gasteiger partial charge in [0.2, 0.25) is 0 Å². The molecule has 4 nitrogen and oxygen atoms in total. The SMILES string of the molecule is [CH2]C(N)[N+](=O)[O-]. The van der Waals surface area contributed by atoms with Gasteiger partial charge in [-0.15, -0.1) is 0 Å². The summed E-state index contributed by atoms with van der Waals surface area (Å²) in [5.41, 5.74) is 4.62. The molecule has 0 fully saturated rings. The Balaban J connectivity index is 3.26. The monoisotopic (exact) mass is 89.0 g/mol. The zero-order valence-corrected chi connectivity index (χ0v) is 3.13. The first kappa shape index (κ1) is 5.36. The first-order valence-electron chi connectivity index (χ1n) is 1.36. The van der Waals surface area contributed by atoms with E-state index in [9.17, 15) is 10.1 Å². The van der Waals surface area contributed by atoms with Crippen LogP contribution in [0.5, 0.6) is 0 Å². The largest absolute Gasteiger partial charge is 0.268 e. The van der Waals surface area contributed by atoms with Crippen molar-refractivity contribution >= 4 is 0 Å². The van der Waals surface area contributed by atoms with E-state index in [4.69, 9.17) is 0 Å². The highest BCUT2D eigenvalue weighted by Gasteiger charge is 1.99. The lowest BCUT2D eigenvalue weighted by molar-refractivity contribution is -0.509. The van der Waals surface area contributed by atoms with Crippen LogP contribution in [0.15, 0.2) is 0 Å². The lowest BCUT2D eigenvalue weighted by atomic mass is 10.7. The Morgan fingerprint density at radius 1 is 2.00 bits per heavy atom. The van der Waals surface area contributed by atoms with Crippen LogP contribution in [0.2, 0.25) is 0 Å². The molecule has 0 bridgehead atoms. The van der Waals surface area contributed by atoms with Crippen LogP contribution in [-0.4, -0.2) is 11.1 Å². The van der Waals surface area contributed by atoms with Gasteiger partial charge in [0.15, 0.2) is 0 Å². The number of nitrogens with two attached hydrogens (primary N) is 1. The topological polar surface area (TPSA) is 69.2 Å². The van der Waals surface area contributed by atoms with E-state index in [2.05, 4.69) is 12.7 Å². The van der Waals surface area contributed by atoms with E-state index in [0.29, 0.717) is 0 Å². The van der Waals surface area contributed by atoms with E-state index in [1.54, 1.807) is 0 Å². The lowest BCUT2D eigenvalue weighted by Crippen LogP contribution is -2.25. The standard InChI is InChI=1S/C2H5N2O2/c1-2(3)4(5)6/h2H,1,3H2. The van der Waals surface area contributed by atoms with Gasteiger partial charge < -0.3 is 0 Å². The summed E-state index contributed by atoms with van der Waals surface area (Å²) in [6.45, 7) is 2.92. The molecule has 0 aromatic rings. The van der Waals surface area contributed by atoms with Gasteiger partial charge in [0, 0.05) is 11.8 Å². The van der Waals surface area contributed by atoms with E-state index in [1.165, 1.54) is 0 Å². The Morgan fingerprint density at radius 2 is 2.17 bits per heavy atom. The highest BCUT2D eigenvalue weighted by atomic mass is 16.6. The van der Waals surface area contributed by atoms with Crippen LogP contribution in [-0.2, 0) is 0 Å². The average Bonchev–Trinajstić information content (AvgIpc) is 1.36. The zero-order chi connectivity index (χ0) is 5.15. The summed E-state index contributed by atoms with van der Waals surface area (Å²) < 4.78 is 0. The molecule has 35 valence electrons. The molecule has 1 atom stereocenters. The maximum absolute atomic E-state index is 9.32. The molecule has 0 spiro atoms. The molecule has 2 N–H and O–H groups in total. The first-order valence-corrected chi connectivity index (χ1v) is 1.36. The summed E-state index contributed by atoms with van der Waals surface area (Å²) in [7, 11) is 0. The minimum atomic E-state index is -1.18. The van der Waals surface area contributed by atoms with Crippen LogP contribution in [0, 0.1) is 17.0 Å². The number of nitrogens with zero attached hydrogens (tertiary/aromatic N) is 1. The van der Waals surface area contributed by atoms with Crippen molar-refractivity contribution in [3.63, 3.8) is 0 Å². The molecule has 0 heterocycles. The fourth-order valence-electron chi connectivity index (χ4n) is 0. The van der Waals surface area contributed by atoms with Gasteiger partial charge in [-0.05, 0) is 0 Å². The predicted octanol–water partition coefficient (Wildman–Crippen LogP) is -0.618. The minimum Gasteiger partial charge on any atom is -0.268 e. The summed E-state index contributed by atoms with van der Waals surface area (Å²) in [5.74, 6) is 0. The maximum Gasteiger partial charge on any atom is 0.263 e. The molecular formula is C2H5N2O2. The smallest absolute Gasteiger partial charge is 0.263 e. The average molecular weight is 89.1 g/mol. The number of nitro groups is 1. The second-order valence-electron chi connectivity index (χ2n) is 0.853. The van der Waals surface area contributed by atoms with E-state index in [-0.39, 0.29) is 0 Å². The maximum atomic E-state index is 9.32. The van der Waals surface area contributed by atoms with Crippen molar-refractivity contribution in [2.24, 2.45) is 5.73 Å². The van der Waals surface area contributed by atoms with E-state index in [1.807, 2.05) is 0 Å². The molecule has 0 saturated carbocycles. The Kier molecular flexibility index (Phi) is 1.53. The van der Waals surface area contributed by atoms with Gasteiger partial charge in [-0.25, -0.2) is 0 Å². The second kappa shape index (κ2) is 1.71. The van der Waals surface area contributed by atoms with Gasteiger partial charge >= 0.3 is 0 Å². The molecule has 0 saturated heterocycles. The number of hydrogen-bond donors (Lipinski definition) is 1. The fourth-order valence-corrected chi connectivity index (χ4v) is 0. The van der Waals surface area contributed by atoms with Crippen LogP contribution in [0.3, 0.4) is 0 Å². The van der Waals surface area contributed by atoms with Crippen LogP contribution in [0.25, 0.3) is 0 Å². The summed E-state index contributed by atoms with van der Waals surface area (Å²) in [6.07, 6.45) is -1.18. The minimum absolute atomic E-state index is 0.667. The Morgan fingerprint density at radius 3 is 2.17 bits per heavy atom. The molecule has 0 aliphatic rings. The van der Waals surface area contributed by atoms with Crippen molar-refractivity contribution in [2.75, 3.05) is 0 Å². The third-order valence-electron chi connectivity index (χ3n) is 0.271. The normalized spacial score (nSPS) is 13.7. The number of hydrogen-bond acceptors (Lipinski definition) is 3. The summed E-state index contributed by atoms with van der Waals surface area (Å²) in [6, 6.07) is 0. The van der Waals surface area contributed by atoms with Crippen LogP contribution in [0.4, 0.5) is 0 Å².